The molecule has 3 heteroatoms. The van der Waals surface area contributed by atoms with Gasteiger partial charge in [0.2, 0.25) is 0 Å². The summed E-state index contributed by atoms with van der Waals surface area (Å²) in [6.45, 7) is 2.39. The number of fused-ring (bicyclic) bond motifs is 1. The fourth-order valence-electron chi connectivity index (χ4n) is 2.03. The van der Waals surface area contributed by atoms with Gasteiger partial charge in [-0.1, -0.05) is 17.7 Å². The second-order valence-electron chi connectivity index (χ2n) is 4.51. The van der Waals surface area contributed by atoms with Crippen LogP contribution in [0.25, 0.3) is 11.0 Å². The topological polar surface area (TPSA) is 22.4 Å². The lowest BCUT2D eigenvalue weighted by Crippen LogP contribution is -1.94. The molecule has 0 saturated carbocycles. The standard InChI is InChI=1S/C16H13FO2/c1-11-5-6-16-15(7-11)12(10-19-16)9-18-14-4-2-3-13(17)8-14/h2-8,10H,9H2,1H3. The Morgan fingerprint density at radius 3 is 2.89 bits per heavy atom. The number of rotatable bonds is 3. The molecule has 0 atom stereocenters. The van der Waals surface area contributed by atoms with E-state index in [2.05, 4.69) is 6.07 Å². The Morgan fingerprint density at radius 2 is 2.05 bits per heavy atom. The first-order valence-corrected chi connectivity index (χ1v) is 6.07. The zero-order valence-corrected chi connectivity index (χ0v) is 10.5. The molecule has 3 aromatic rings. The quantitative estimate of drug-likeness (QED) is 0.690. The molecule has 3 rings (SSSR count). The van der Waals surface area contributed by atoms with Gasteiger partial charge in [-0.05, 0) is 31.2 Å². The minimum atomic E-state index is -0.301. The molecule has 0 fully saturated rings. The van der Waals surface area contributed by atoms with Crippen molar-refractivity contribution < 1.29 is 13.5 Å². The molecule has 2 aromatic carbocycles. The molecule has 96 valence electrons. The van der Waals surface area contributed by atoms with Gasteiger partial charge < -0.3 is 9.15 Å². The lowest BCUT2D eigenvalue weighted by molar-refractivity contribution is 0.304. The monoisotopic (exact) mass is 256 g/mol. The number of benzene rings is 2. The van der Waals surface area contributed by atoms with Crippen LogP contribution in [0.15, 0.2) is 53.1 Å². The number of furan rings is 1. The smallest absolute Gasteiger partial charge is 0.134 e. The third kappa shape index (κ3) is 2.45. The molecule has 0 aliphatic rings. The van der Waals surface area contributed by atoms with Gasteiger partial charge in [-0.25, -0.2) is 4.39 Å². The molecule has 0 saturated heterocycles. The van der Waals surface area contributed by atoms with Crippen molar-refractivity contribution in [1.82, 2.24) is 0 Å². The van der Waals surface area contributed by atoms with Crippen molar-refractivity contribution >= 4 is 11.0 Å². The zero-order chi connectivity index (χ0) is 13.2. The number of aryl methyl sites for hydroxylation is 1. The van der Waals surface area contributed by atoms with Crippen LogP contribution in [0.1, 0.15) is 11.1 Å². The first-order chi connectivity index (χ1) is 9.22. The summed E-state index contributed by atoms with van der Waals surface area (Å²) in [5.74, 6) is 0.215. The maximum absolute atomic E-state index is 13.0. The van der Waals surface area contributed by atoms with Crippen molar-refractivity contribution in [3.8, 4) is 5.75 Å². The van der Waals surface area contributed by atoms with E-state index in [-0.39, 0.29) is 5.82 Å². The highest BCUT2D eigenvalue weighted by Crippen LogP contribution is 2.24. The van der Waals surface area contributed by atoms with E-state index in [0.29, 0.717) is 12.4 Å². The van der Waals surface area contributed by atoms with E-state index in [4.69, 9.17) is 9.15 Å². The van der Waals surface area contributed by atoms with Crippen LogP contribution < -0.4 is 4.74 Å². The molecule has 1 heterocycles. The predicted octanol–water partition coefficient (Wildman–Crippen LogP) is 4.46. The van der Waals surface area contributed by atoms with Crippen molar-refractivity contribution in [2.75, 3.05) is 0 Å². The molecule has 0 aliphatic heterocycles. The highest BCUT2D eigenvalue weighted by atomic mass is 19.1. The summed E-state index contributed by atoms with van der Waals surface area (Å²) in [5.41, 5.74) is 2.97. The molecule has 0 bridgehead atoms. The molecule has 19 heavy (non-hydrogen) atoms. The summed E-state index contributed by atoms with van der Waals surface area (Å²) in [6, 6.07) is 12.1. The van der Waals surface area contributed by atoms with Crippen LogP contribution in [-0.2, 0) is 6.61 Å². The first kappa shape index (κ1) is 11.8. The third-order valence-electron chi connectivity index (χ3n) is 3.00. The van der Waals surface area contributed by atoms with Crippen molar-refractivity contribution in [3.63, 3.8) is 0 Å². The fourth-order valence-corrected chi connectivity index (χ4v) is 2.03. The van der Waals surface area contributed by atoms with Gasteiger partial charge in [0.05, 0.1) is 6.26 Å². The minimum absolute atomic E-state index is 0.301. The van der Waals surface area contributed by atoms with Crippen molar-refractivity contribution in [2.45, 2.75) is 13.5 Å². The Balaban J connectivity index is 1.84. The summed E-state index contributed by atoms with van der Waals surface area (Å²) in [4.78, 5) is 0. The van der Waals surface area contributed by atoms with Gasteiger partial charge in [0, 0.05) is 17.0 Å². The predicted molar refractivity (Wildman–Crippen MR) is 71.7 cm³/mol. The van der Waals surface area contributed by atoms with Crippen LogP contribution in [0.3, 0.4) is 0 Å². The fraction of sp³-hybridized carbons (Fsp3) is 0.125. The molecular weight excluding hydrogens is 243 g/mol. The van der Waals surface area contributed by atoms with Crippen LogP contribution in [0.2, 0.25) is 0 Å². The summed E-state index contributed by atoms with van der Waals surface area (Å²) in [6.07, 6.45) is 1.68. The lowest BCUT2D eigenvalue weighted by Gasteiger charge is -2.04. The number of halogens is 1. The lowest BCUT2D eigenvalue weighted by atomic mass is 10.1. The molecule has 0 aliphatic carbocycles. The van der Waals surface area contributed by atoms with Crippen LogP contribution >= 0.6 is 0 Å². The maximum Gasteiger partial charge on any atom is 0.134 e. The van der Waals surface area contributed by atoms with Gasteiger partial charge in [0.15, 0.2) is 0 Å². The SMILES string of the molecule is Cc1ccc2occ(COc3cccc(F)c3)c2c1. The summed E-state index contributed by atoms with van der Waals surface area (Å²) in [5, 5.41) is 1.04. The second-order valence-corrected chi connectivity index (χ2v) is 4.51. The van der Waals surface area contributed by atoms with Crippen LogP contribution in [0, 0.1) is 12.7 Å². The van der Waals surface area contributed by atoms with Gasteiger partial charge >= 0.3 is 0 Å². The van der Waals surface area contributed by atoms with Crippen molar-refractivity contribution in [2.24, 2.45) is 0 Å². The molecule has 0 N–H and O–H groups in total. The zero-order valence-electron chi connectivity index (χ0n) is 10.5. The highest BCUT2D eigenvalue weighted by Gasteiger charge is 2.07. The molecule has 1 aromatic heterocycles. The Kier molecular flexibility index (Phi) is 2.95. The van der Waals surface area contributed by atoms with E-state index < -0.39 is 0 Å². The van der Waals surface area contributed by atoms with Crippen LogP contribution in [0.5, 0.6) is 5.75 Å². The van der Waals surface area contributed by atoms with Crippen molar-refractivity contribution in [1.29, 1.82) is 0 Å². The molecule has 0 radical (unpaired) electrons. The van der Waals surface area contributed by atoms with Crippen LogP contribution in [-0.4, -0.2) is 0 Å². The van der Waals surface area contributed by atoms with Gasteiger partial charge in [0.25, 0.3) is 0 Å². The number of ether oxygens (including phenoxy) is 1. The summed E-state index contributed by atoms with van der Waals surface area (Å²) in [7, 11) is 0. The average Bonchev–Trinajstić information content (AvgIpc) is 2.79. The van der Waals surface area contributed by atoms with Crippen LogP contribution in [0.4, 0.5) is 4.39 Å². The maximum atomic E-state index is 13.0. The van der Waals surface area contributed by atoms with Gasteiger partial charge in [-0.3, -0.25) is 0 Å². The number of hydrogen-bond acceptors (Lipinski definition) is 2. The van der Waals surface area contributed by atoms with E-state index in [9.17, 15) is 4.39 Å². The number of hydrogen-bond donors (Lipinski definition) is 0. The Labute approximate surface area is 110 Å². The van der Waals surface area contributed by atoms with E-state index in [0.717, 1.165) is 16.5 Å². The van der Waals surface area contributed by atoms with Gasteiger partial charge in [-0.2, -0.15) is 0 Å². The van der Waals surface area contributed by atoms with Gasteiger partial charge in [0.1, 0.15) is 23.8 Å². The largest absolute Gasteiger partial charge is 0.489 e. The Morgan fingerprint density at radius 1 is 1.16 bits per heavy atom. The van der Waals surface area contributed by atoms with E-state index >= 15 is 0 Å². The summed E-state index contributed by atoms with van der Waals surface area (Å²) < 4.78 is 24.1. The van der Waals surface area contributed by atoms with E-state index in [1.807, 2.05) is 19.1 Å². The van der Waals surface area contributed by atoms with Gasteiger partial charge in [-0.15, -0.1) is 0 Å². The van der Waals surface area contributed by atoms with E-state index in [1.165, 1.54) is 17.7 Å². The molecule has 0 amide bonds. The normalized spacial score (nSPS) is 10.8. The third-order valence-corrected chi connectivity index (χ3v) is 3.00. The summed E-state index contributed by atoms with van der Waals surface area (Å²) >= 11 is 0. The second kappa shape index (κ2) is 4.76. The Hall–Kier alpha value is -2.29. The highest BCUT2D eigenvalue weighted by molar-refractivity contribution is 5.81. The average molecular weight is 256 g/mol. The molecular formula is C16H13FO2. The molecule has 0 unspecified atom stereocenters. The molecule has 0 spiro atoms. The minimum Gasteiger partial charge on any atom is -0.489 e. The Bertz CT molecular complexity index is 716. The first-order valence-electron chi connectivity index (χ1n) is 6.07. The van der Waals surface area contributed by atoms with E-state index in [1.54, 1.807) is 18.4 Å². The van der Waals surface area contributed by atoms with Crippen molar-refractivity contribution in [3.05, 3.63) is 65.7 Å². The molecule has 2 nitrogen and oxygen atoms in total.